The highest BCUT2D eigenvalue weighted by Gasteiger charge is 2.31. The van der Waals surface area contributed by atoms with Crippen molar-refractivity contribution in [3.05, 3.63) is 30.1 Å². The number of imidazole rings is 1. The summed E-state index contributed by atoms with van der Waals surface area (Å²) in [6, 6.07) is 5.14. The number of nitrogens with zero attached hydrogens (tertiary/aromatic N) is 5. The minimum Gasteiger partial charge on any atom is -0.491 e. The van der Waals surface area contributed by atoms with Gasteiger partial charge in [0.1, 0.15) is 36.5 Å². The number of aliphatic imine (C=N–C) groups is 2. The lowest BCUT2D eigenvalue weighted by Gasteiger charge is -2.25. The third-order valence-electron chi connectivity index (χ3n) is 5.40. The highest BCUT2D eigenvalue weighted by molar-refractivity contribution is 6.04. The van der Waals surface area contributed by atoms with E-state index in [1.165, 1.54) is 6.92 Å². The summed E-state index contributed by atoms with van der Waals surface area (Å²) in [7, 11) is 0. The van der Waals surface area contributed by atoms with Gasteiger partial charge in [0.05, 0.1) is 17.9 Å². The summed E-state index contributed by atoms with van der Waals surface area (Å²) in [5.74, 6) is 0.591. The summed E-state index contributed by atoms with van der Waals surface area (Å²) in [6.45, 7) is 1.54. The molecule has 2 aliphatic heterocycles. The number of rotatable bonds is 4. The molecule has 0 bridgehead atoms. The van der Waals surface area contributed by atoms with Crippen LogP contribution in [-0.2, 0) is 11.3 Å². The number of ether oxygens (including phenoxy) is 1. The van der Waals surface area contributed by atoms with Crippen molar-refractivity contribution in [3.63, 3.8) is 0 Å². The smallest absolute Gasteiger partial charge is 0.408 e. The Morgan fingerprint density at radius 3 is 2.79 bits per heavy atom. The Balaban J connectivity index is 1.71. The van der Waals surface area contributed by atoms with Gasteiger partial charge in [0.25, 0.3) is 0 Å². The van der Waals surface area contributed by atoms with Crippen molar-refractivity contribution in [2.24, 2.45) is 21.5 Å². The number of hydrogen-bond donors (Lipinski definition) is 2. The van der Waals surface area contributed by atoms with E-state index in [9.17, 15) is 18.0 Å². The maximum atomic E-state index is 12.7. The zero-order valence-corrected chi connectivity index (χ0v) is 18.0. The van der Waals surface area contributed by atoms with Crippen molar-refractivity contribution in [3.8, 4) is 17.1 Å². The molecular formula is C21H24F3N7O2. The number of carbonyl (C=O) groups excluding carboxylic acids is 1. The lowest BCUT2D eigenvalue weighted by Crippen LogP contribution is -2.40. The molecule has 2 aliphatic rings. The van der Waals surface area contributed by atoms with Crippen LogP contribution in [0, 0.1) is 0 Å². The maximum absolute atomic E-state index is 12.7. The number of amides is 1. The number of halogens is 3. The summed E-state index contributed by atoms with van der Waals surface area (Å²) in [5.41, 5.74) is 12.8. The fourth-order valence-electron chi connectivity index (χ4n) is 4.03. The van der Waals surface area contributed by atoms with Crippen LogP contribution < -0.4 is 21.1 Å². The van der Waals surface area contributed by atoms with E-state index >= 15 is 0 Å². The molecule has 1 fully saturated rings. The van der Waals surface area contributed by atoms with Crippen LogP contribution in [0.3, 0.4) is 0 Å². The number of hydrogen-bond acceptors (Lipinski definition) is 5. The van der Waals surface area contributed by atoms with Gasteiger partial charge in [0, 0.05) is 24.5 Å². The van der Waals surface area contributed by atoms with Crippen molar-refractivity contribution < 1.29 is 22.7 Å². The highest BCUT2D eigenvalue weighted by Crippen LogP contribution is 2.37. The van der Waals surface area contributed by atoms with Gasteiger partial charge in [-0.15, -0.1) is 0 Å². The van der Waals surface area contributed by atoms with E-state index in [1.54, 1.807) is 10.8 Å². The predicted octanol–water partition coefficient (Wildman–Crippen LogP) is 2.08. The second kappa shape index (κ2) is 8.75. The average Bonchev–Trinajstić information content (AvgIpc) is 3.35. The molecule has 1 unspecified atom stereocenters. The van der Waals surface area contributed by atoms with Gasteiger partial charge >= 0.3 is 6.18 Å². The van der Waals surface area contributed by atoms with Crippen LogP contribution in [0.5, 0.6) is 5.75 Å². The van der Waals surface area contributed by atoms with E-state index in [2.05, 4.69) is 15.0 Å². The summed E-state index contributed by atoms with van der Waals surface area (Å²) in [6.07, 6.45) is -1.33. The Morgan fingerprint density at radius 2 is 2.09 bits per heavy atom. The Morgan fingerprint density at radius 1 is 1.30 bits per heavy atom. The maximum Gasteiger partial charge on any atom is 0.408 e. The molecule has 0 radical (unpaired) electrons. The SMILES string of the molecule is CC(N)=NC(=NCC(F)(F)F)c1cn2c(n1)-c1ccc(N3CCCC3C(N)=O)cc1OCC2. The molecule has 4 rings (SSSR count). The van der Waals surface area contributed by atoms with Crippen molar-refractivity contribution in [1.29, 1.82) is 0 Å². The molecule has 0 aliphatic carbocycles. The van der Waals surface area contributed by atoms with Crippen LogP contribution in [0.25, 0.3) is 11.4 Å². The molecule has 176 valence electrons. The molecule has 33 heavy (non-hydrogen) atoms. The third-order valence-corrected chi connectivity index (χ3v) is 5.40. The van der Waals surface area contributed by atoms with Gasteiger partial charge < -0.3 is 25.7 Å². The average molecular weight is 463 g/mol. The highest BCUT2D eigenvalue weighted by atomic mass is 19.4. The third kappa shape index (κ3) is 4.94. The van der Waals surface area contributed by atoms with Gasteiger partial charge in [-0.1, -0.05) is 0 Å². The Labute approximate surface area is 187 Å². The molecule has 0 spiro atoms. The van der Waals surface area contributed by atoms with Crippen LogP contribution >= 0.6 is 0 Å². The quantitative estimate of drug-likeness (QED) is 0.531. The molecule has 0 saturated carbocycles. The van der Waals surface area contributed by atoms with Crippen LogP contribution in [0.1, 0.15) is 25.5 Å². The predicted molar refractivity (Wildman–Crippen MR) is 117 cm³/mol. The zero-order chi connectivity index (χ0) is 23.8. The second-order valence-corrected chi connectivity index (χ2v) is 7.93. The van der Waals surface area contributed by atoms with Crippen LogP contribution in [0.2, 0.25) is 0 Å². The molecule has 1 amide bonds. The molecule has 12 heteroatoms. The standard InChI is InChI=1S/C21H24F3N7O2/c1-12(25)28-19(27-11-21(22,23)24)15-10-30-7-8-33-17-9-13(4-5-14(17)20(30)29-15)31-6-2-3-16(31)18(26)32/h4-5,9-10,16H,2-3,6-8,11H2,1H3,(H2,26,32)(H2,25,27,28). The Bertz CT molecular complexity index is 1120. The largest absolute Gasteiger partial charge is 0.491 e. The topological polar surface area (TPSA) is 124 Å². The number of alkyl halides is 3. The van der Waals surface area contributed by atoms with Crippen molar-refractivity contribution in [2.45, 2.75) is 38.5 Å². The van der Waals surface area contributed by atoms with Gasteiger partial charge in [0.2, 0.25) is 5.91 Å². The van der Waals surface area contributed by atoms with Gasteiger partial charge in [-0.2, -0.15) is 13.2 Å². The van der Waals surface area contributed by atoms with Crippen LogP contribution in [0.15, 0.2) is 34.4 Å². The zero-order valence-electron chi connectivity index (χ0n) is 18.0. The number of benzene rings is 1. The summed E-state index contributed by atoms with van der Waals surface area (Å²) in [5, 5.41) is 0. The molecule has 1 saturated heterocycles. The molecule has 9 nitrogen and oxygen atoms in total. The first-order chi connectivity index (χ1) is 15.6. The summed E-state index contributed by atoms with van der Waals surface area (Å²) < 4.78 is 45.9. The first kappa shape index (κ1) is 22.6. The van der Waals surface area contributed by atoms with Crippen molar-refractivity contribution in [2.75, 3.05) is 24.6 Å². The monoisotopic (exact) mass is 463 g/mol. The molecular weight excluding hydrogens is 439 g/mol. The van der Waals surface area contributed by atoms with Crippen LogP contribution in [-0.4, -0.2) is 59.0 Å². The first-order valence-electron chi connectivity index (χ1n) is 10.4. The van der Waals surface area contributed by atoms with E-state index in [0.717, 1.165) is 12.1 Å². The van der Waals surface area contributed by atoms with Gasteiger partial charge in [0.15, 0.2) is 5.84 Å². The molecule has 4 N–H and O–H groups in total. The minimum absolute atomic E-state index is 0.0714. The van der Waals surface area contributed by atoms with Crippen LogP contribution in [0.4, 0.5) is 18.9 Å². The van der Waals surface area contributed by atoms with E-state index in [4.69, 9.17) is 16.2 Å². The van der Waals surface area contributed by atoms with E-state index in [1.807, 2.05) is 23.1 Å². The summed E-state index contributed by atoms with van der Waals surface area (Å²) >= 11 is 0. The molecule has 2 aromatic rings. The minimum atomic E-state index is -4.48. The number of aromatic nitrogens is 2. The Hall–Kier alpha value is -3.57. The Kier molecular flexibility index (Phi) is 6.00. The van der Waals surface area contributed by atoms with Gasteiger partial charge in [-0.25, -0.2) is 9.98 Å². The molecule has 1 aromatic carbocycles. The van der Waals surface area contributed by atoms with Gasteiger partial charge in [-0.3, -0.25) is 9.79 Å². The number of primary amides is 1. The van der Waals surface area contributed by atoms with Crippen molar-refractivity contribution in [1.82, 2.24) is 9.55 Å². The first-order valence-corrected chi connectivity index (χ1v) is 10.4. The van der Waals surface area contributed by atoms with E-state index in [-0.39, 0.29) is 29.3 Å². The lowest BCUT2D eigenvalue weighted by molar-refractivity contribution is -0.119. The van der Waals surface area contributed by atoms with E-state index < -0.39 is 12.7 Å². The lowest BCUT2D eigenvalue weighted by atomic mass is 10.1. The number of amidine groups is 2. The van der Waals surface area contributed by atoms with E-state index in [0.29, 0.717) is 43.3 Å². The number of nitrogens with two attached hydrogens (primary N) is 2. The number of carbonyl (C=O) groups is 1. The normalized spacial score (nSPS) is 19.0. The number of anilines is 1. The summed E-state index contributed by atoms with van der Waals surface area (Å²) in [4.78, 5) is 25.8. The fourth-order valence-corrected chi connectivity index (χ4v) is 4.03. The van der Waals surface area contributed by atoms with Gasteiger partial charge in [-0.05, 0) is 31.9 Å². The molecule has 1 aromatic heterocycles. The molecule has 3 heterocycles. The van der Waals surface area contributed by atoms with Crippen molar-refractivity contribution >= 4 is 23.3 Å². The molecule has 1 atom stereocenters. The second-order valence-electron chi connectivity index (χ2n) is 7.93. The fraction of sp³-hybridized carbons (Fsp3) is 0.429. The number of fused-ring (bicyclic) bond motifs is 3.